The molecule has 2 N–H and O–H groups in total. The van der Waals surface area contributed by atoms with Gasteiger partial charge < -0.3 is 5.73 Å². The van der Waals surface area contributed by atoms with Gasteiger partial charge in [-0.15, -0.1) is 0 Å². The molecule has 0 amide bonds. The van der Waals surface area contributed by atoms with E-state index in [-0.39, 0.29) is 0 Å². The van der Waals surface area contributed by atoms with Crippen LogP contribution in [0.1, 0.15) is 5.69 Å². The number of nitrogens with two attached hydrogens (primary N) is 1. The van der Waals surface area contributed by atoms with Crippen molar-refractivity contribution in [2.24, 2.45) is 5.73 Å². The number of allylic oxidation sites excluding steroid dienone is 1. The van der Waals surface area contributed by atoms with Crippen LogP contribution in [0.5, 0.6) is 0 Å². The summed E-state index contributed by atoms with van der Waals surface area (Å²) in [6.07, 6.45) is 6.66. The Kier molecular flexibility index (Phi) is 2.48. The van der Waals surface area contributed by atoms with Gasteiger partial charge in [0.25, 0.3) is 0 Å². The normalized spacial score (nSPS) is 11.2. The van der Waals surface area contributed by atoms with Crippen molar-refractivity contribution >= 4 is 12.3 Å². The smallest absolute Gasteiger partial charge is 0.0681 e. The van der Waals surface area contributed by atoms with E-state index in [0.717, 1.165) is 5.69 Å². The van der Waals surface area contributed by atoms with Gasteiger partial charge in [-0.1, -0.05) is 13.2 Å². The summed E-state index contributed by atoms with van der Waals surface area (Å²) in [5.41, 5.74) is 7.06. The average molecular weight is 161 g/mol. The van der Waals surface area contributed by atoms with E-state index in [1.54, 1.807) is 29.2 Å². The molecule has 12 heavy (non-hydrogen) atoms. The Balaban J connectivity index is 3.02. The first kappa shape index (κ1) is 8.33. The second kappa shape index (κ2) is 3.57. The summed E-state index contributed by atoms with van der Waals surface area (Å²) in [5.74, 6) is 0. The maximum atomic E-state index is 5.56. The van der Waals surface area contributed by atoms with Crippen molar-refractivity contribution in [3.8, 4) is 0 Å². The van der Waals surface area contributed by atoms with E-state index in [1.165, 1.54) is 0 Å². The molecule has 0 spiro atoms. The fraction of sp³-hybridized carbons (Fsp3) is 0. The van der Waals surface area contributed by atoms with Crippen LogP contribution in [0, 0.1) is 0 Å². The van der Waals surface area contributed by atoms with E-state index < -0.39 is 0 Å². The molecule has 1 rings (SSSR count). The zero-order chi connectivity index (χ0) is 8.97. The molecule has 3 nitrogen and oxygen atoms in total. The molecular formula is C9H11N3. The van der Waals surface area contributed by atoms with E-state index in [1.807, 2.05) is 6.07 Å². The number of rotatable bonds is 3. The Bertz CT molecular complexity index is 320. The molecule has 0 aliphatic rings. The van der Waals surface area contributed by atoms with Crippen LogP contribution in [0.3, 0.4) is 0 Å². The fourth-order valence-electron chi connectivity index (χ4n) is 0.821. The van der Waals surface area contributed by atoms with Crippen molar-refractivity contribution in [2.45, 2.75) is 0 Å². The fourth-order valence-corrected chi connectivity index (χ4v) is 0.821. The van der Waals surface area contributed by atoms with Gasteiger partial charge in [-0.05, 0) is 18.2 Å². The molecule has 0 unspecified atom stereocenters. The van der Waals surface area contributed by atoms with Crippen molar-refractivity contribution in [1.82, 2.24) is 9.78 Å². The third kappa shape index (κ3) is 1.63. The van der Waals surface area contributed by atoms with Gasteiger partial charge in [0, 0.05) is 18.1 Å². The molecule has 62 valence electrons. The zero-order valence-corrected chi connectivity index (χ0v) is 6.77. The van der Waals surface area contributed by atoms with Crippen LogP contribution in [-0.2, 0) is 0 Å². The molecule has 0 aliphatic heterocycles. The van der Waals surface area contributed by atoms with Gasteiger partial charge in [0.1, 0.15) is 0 Å². The predicted molar refractivity (Wildman–Crippen MR) is 51.0 cm³/mol. The maximum Gasteiger partial charge on any atom is 0.0681 e. The largest absolute Gasteiger partial charge is 0.399 e. The van der Waals surface area contributed by atoms with Crippen molar-refractivity contribution in [2.75, 3.05) is 0 Å². The van der Waals surface area contributed by atoms with Gasteiger partial charge in [-0.2, -0.15) is 5.10 Å². The topological polar surface area (TPSA) is 43.8 Å². The van der Waals surface area contributed by atoms with Crippen LogP contribution in [0.4, 0.5) is 0 Å². The summed E-state index contributed by atoms with van der Waals surface area (Å²) < 4.78 is 1.64. The molecule has 0 atom stereocenters. The SMILES string of the molecule is C=C/C(N)=C\c1ccnn1C=C. The standard InChI is InChI=1S/C9H11N3/c1-3-8(10)7-9-5-6-11-12(9)4-2/h3-7H,1-2,10H2/b8-7+. The van der Waals surface area contributed by atoms with Crippen LogP contribution < -0.4 is 5.73 Å². The van der Waals surface area contributed by atoms with Gasteiger partial charge in [-0.3, -0.25) is 0 Å². The minimum absolute atomic E-state index is 0.610. The quantitative estimate of drug-likeness (QED) is 0.682. The molecule has 0 aliphatic carbocycles. The molecule has 0 bridgehead atoms. The Labute approximate surface area is 71.5 Å². The monoisotopic (exact) mass is 161 g/mol. The molecule has 1 aromatic heterocycles. The van der Waals surface area contributed by atoms with Gasteiger partial charge in [0.2, 0.25) is 0 Å². The van der Waals surface area contributed by atoms with Gasteiger partial charge in [0.05, 0.1) is 5.69 Å². The molecule has 0 aromatic carbocycles. The number of hydrogen-bond donors (Lipinski definition) is 1. The lowest BCUT2D eigenvalue weighted by atomic mass is 10.3. The van der Waals surface area contributed by atoms with Crippen LogP contribution in [0.15, 0.2) is 37.2 Å². The van der Waals surface area contributed by atoms with E-state index in [0.29, 0.717) is 5.70 Å². The lowest BCUT2D eigenvalue weighted by Crippen LogP contribution is -1.95. The predicted octanol–water partition coefficient (Wildman–Crippen LogP) is 1.47. The highest BCUT2D eigenvalue weighted by Gasteiger charge is 1.94. The first-order valence-corrected chi connectivity index (χ1v) is 3.53. The first-order valence-electron chi connectivity index (χ1n) is 3.53. The summed E-state index contributed by atoms with van der Waals surface area (Å²) >= 11 is 0. The Morgan fingerprint density at radius 2 is 2.33 bits per heavy atom. The summed E-state index contributed by atoms with van der Waals surface area (Å²) in [4.78, 5) is 0. The van der Waals surface area contributed by atoms with Gasteiger partial charge in [0.15, 0.2) is 0 Å². The third-order valence-electron chi connectivity index (χ3n) is 1.42. The Hall–Kier alpha value is -1.77. The van der Waals surface area contributed by atoms with Crippen molar-refractivity contribution in [3.05, 3.63) is 42.9 Å². The van der Waals surface area contributed by atoms with Crippen LogP contribution in [0.2, 0.25) is 0 Å². The third-order valence-corrected chi connectivity index (χ3v) is 1.42. The van der Waals surface area contributed by atoms with E-state index in [2.05, 4.69) is 18.3 Å². The van der Waals surface area contributed by atoms with E-state index >= 15 is 0 Å². The van der Waals surface area contributed by atoms with Crippen LogP contribution >= 0.6 is 0 Å². The highest BCUT2D eigenvalue weighted by Crippen LogP contribution is 2.03. The molecule has 0 saturated heterocycles. The summed E-state index contributed by atoms with van der Waals surface area (Å²) in [5, 5.41) is 3.99. The maximum absolute atomic E-state index is 5.56. The van der Waals surface area contributed by atoms with Gasteiger partial charge in [-0.25, -0.2) is 4.68 Å². The number of hydrogen-bond acceptors (Lipinski definition) is 2. The first-order chi connectivity index (χ1) is 5.77. The molecule has 0 saturated carbocycles. The summed E-state index contributed by atoms with van der Waals surface area (Å²) in [6.45, 7) is 7.15. The lowest BCUT2D eigenvalue weighted by Gasteiger charge is -1.95. The van der Waals surface area contributed by atoms with Crippen molar-refractivity contribution in [3.63, 3.8) is 0 Å². The average Bonchev–Trinajstić information content (AvgIpc) is 2.51. The van der Waals surface area contributed by atoms with E-state index in [9.17, 15) is 0 Å². The summed E-state index contributed by atoms with van der Waals surface area (Å²) in [7, 11) is 0. The van der Waals surface area contributed by atoms with Crippen LogP contribution in [-0.4, -0.2) is 9.78 Å². The second-order valence-corrected chi connectivity index (χ2v) is 2.23. The molecule has 3 heteroatoms. The molecular weight excluding hydrogens is 150 g/mol. The van der Waals surface area contributed by atoms with Gasteiger partial charge >= 0.3 is 0 Å². The number of aromatic nitrogens is 2. The molecule has 1 heterocycles. The van der Waals surface area contributed by atoms with Crippen LogP contribution in [0.25, 0.3) is 12.3 Å². The second-order valence-electron chi connectivity index (χ2n) is 2.23. The Morgan fingerprint density at radius 1 is 1.58 bits per heavy atom. The number of nitrogens with zero attached hydrogens (tertiary/aromatic N) is 2. The Morgan fingerprint density at radius 3 is 2.92 bits per heavy atom. The van der Waals surface area contributed by atoms with E-state index in [4.69, 9.17) is 5.73 Å². The molecule has 0 fully saturated rings. The highest BCUT2D eigenvalue weighted by atomic mass is 15.3. The molecule has 1 aromatic rings. The zero-order valence-electron chi connectivity index (χ0n) is 6.77. The highest BCUT2D eigenvalue weighted by molar-refractivity contribution is 5.53. The minimum atomic E-state index is 0.610. The van der Waals surface area contributed by atoms with Crippen molar-refractivity contribution in [1.29, 1.82) is 0 Å². The lowest BCUT2D eigenvalue weighted by molar-refractivity contribution is 0.925. The minimum Gasteiger partial charge on any atom is -0.399 e. The van der Waals surface area contributed by atoms with Crippen molar-refractivity contribution < 1.29 is 0 Å². The molecule has 0 radical (unpaired) electrons. The summed E-state index contributed by atoms with van der Waals surface area (Å²) in [6, 6.07) is 1.85.